The van der Waals surface area contributed by atoms with Crippen LogP contribution < -0.4 is 0 Å². The van der Waals surface area contributed by atoms with E-state index in [4.69, 9.17) is 0 Å². The Hall–Kier alpha value is -1.12. The first-order valence-electron chi connectivity index (χ1n) is 12.1. The summed E-state index contributed by atoms with van der Waals surface area (Å²) in [6.07, 6.45) is 28.2. The van der Waals surface area contributed by atoms with Crippen molar-refractivity contribution in [2.45, 2.75) is 129 Å². The van der Waals surface area contributed by atoms with Crippen LogP contribution in [0, 0.1) is 5.92 Å². The summed E-state index contributed by atoms with van der Waals surface area (Å²) in [7, 11) is 0. The van der Waals surface area contributed by atoms with Gasteiger partial charge < -0.3 is 4.74 Å². The monoisotopic (exact) mass is 392 g/mol. The summed E-state index contributed by atoms with van der Waals surface area (Å²) in [4.78, 5) is 22.5. The largest absolute Gasteiger partial charge is 0.393 e. The van der Waals surface area contributed by atoms with Crippen molar-refractivity contribution in [3.05, 3.63) is 12.2 Å². The Balaban J connectivity index is 1.77. The van der Waals surface area contributed by atoms with E-state index in [2.05, 4.69) is 17.7 Å². The van der Waals surface area contributed by atoms with Crippen molar-refractivity contribution in [1.82, 2.24) is 0 Å². The third-order valence-electron chi connectivity index (χ3n) is 5.77. The van der Waals surface area contributed by atoms with Crippen molar-refractivity contribution in [2.75, 3.05) is 0 Å². The van der Waals surface area contributed by atoms with E-state index in [9.17, 15) is 9.59 Å². The predicted octanol–water partition coefficient (Wildman–Crippen LogP) is 7.67. The average molecular weight is 393 g/mol. The number of unbranched alkanes of at least 4 members (excludes halogenated alkanes) is 16. The maximum absolute atomic E-state index is 11.5. The van der Waals surface area contributed by atoms with Crippen LogP contribution in [-0.2, 0) is 14.3 Å². The smallest absolute Gasteiger partial charge is 0.320 e. The predicted molar refractivity (Wildman–Crippen MR) is 117 cm³/mol. The molecule has 0 radical (unpaired) electrons. The number of hydrogen-bond donors (Lipinski definition) is 0. The lowest BCUT2D eigenvalue weighted by Crippen LogP contribution is -2.26. The van der Waals surface area contributed by atoms with E-state index in [0.29, 0.717) is 12.8 Å². The highest BCUT2D eigenvalue weighted by Crippen LogP contribution is 2.18. The average Bonchev–Trinajstić information content (AvgIpc) is 2.68. The summed E-state index contributed by atoms with van der Waals surface area (Å²) in [6, 6.07) is 0. The lowest BCUT2D eigenvalue weighted by atomic mass is 9.99. The van der Waals surface area contributed by atoms with Crippen LogP contribution in [0.2, 0.25) is 0 Å². The van der Waals surface area contributed by atoms with Gasteiger partial charge in [-0.15, -0.1) is 0 Å². The fourth-order valence-corrected chi connectivity index (χ4v) is 3.88. The molecule has 0 spiro atoms. The zero-order chi connectivity index (χ0) is 20.3. The van der Waals surface area contributed by atoms with Crippen LogP contribution in [0.4, 0.5) is 0 Å². The second-order valence-electron chi connectivity index (χ2n) is 8.46. The Morgan fingerprint density at radius 3 is 1.68 bits per heavy atom. The number of ether oxygens (including phenoxy) is 1. The zero-order valence-electron chi connectivity index (χ0n) is 18.4. The van der Waals surface area contributed by atoms with Gasteiger partial charge in [-0.05, 0) is 19.3 Å². The van der Waals surface area contributed by atoms with Gasteiger partial charge in [0.1, 0.15) is 0 Å². The topological polar surface area (TPSA) is 43.4 Å². The van der Waals surface area contributed by atoms with Crippen molar-refractivity contribution < 1.29 is 14.3 Å². The molecule has 1 saturated heterocycles. The molecule has 1 heterocycles. The first-order valence-corrected chi connectivity index (χ1v) is 12.1. The Morgan fingerprint density at radius 1 is 0.750 bits per heavy atom. The van der Waals surface area contributed by atoms with E-state index in [0.717, 1.165) is 6.42 Å². The number of esters is 2. The first kappa shape index (κ1) is 24.9. The second-order valence-corrected chi connectivity index (χ2v) is 8.46. The molecular formula is C25H44O3. The second kappa shape index (κ2) is 17.9. The molecule has 0 N–H and O–H groups in total. The minimum Gasteiger partial charge on any atom is -0.393 e. The van der Waals surface area contributed by atoms with Crippen LogP contribution in [0.1, 0.15) is 129 Å². The highest BCUT2D eigenvalue weighted by Gasteiger charge is 2.26. The molecule has 0 bridgehead atoms. The standard InChI is InChI=1S/C25H44O3/c1-2-3-4-5-6-7-8-9-10-11-12-13-14-15-16-17-18-19-20-23-21-22-24(26)28-25(23)27/h19-20,23H,2-18,21-22H2,1H3. The molecule has 1 fully saturated rings. The van der Waals surface area contributed by atoms with Gasteiger partial charge in [0.25, 0.3) is 0 Å². The molecule has 1 aliphatic rings. The van der Waals surface area contributed by atoms with E-state index in [1.165, 1.54) is 103 Å². The van der Waals surface area contributed by atoms with E-state index in [1.807, 2.05) is 6.08 Å². The molecule has 1 rings (SSSR count). The van der Waals surface area contributed by atoms with Gasteiger partial charge in [-0.2, -0.15) is 0 Å². The summed E-state index contributed by atoms with van der Waals surface area (Å²) in [5.41, 5.74) is 0. The summed E-state index contributed by atoms with van der Waals surface area (Å²) < 4.78 is 4.66. The number of carbonyl (C=O) groups excluding carboxylic acids is 2. The van der Waals surface area contributed by atoms with Gasteiger partial charge in [-0.25, -0.2) is 0 Å². The fraction of sp³-hybridized carbons (Fsp3) is 0.840. The number of cyclic esters (lactones) is 2. The van der Waals surface area contributed by atoms with E-state index < -0.39 is 0 Å². The van der Waals surface area contributed by atoms with Crippen molar-refractivity contribution in [2.24, 2.45) is 5.92 Å². The molecule has 1 unspecified atom stereocenters. The number of hydrogen-bond acceptors (Lipinski definition) is 3. The van der Waals surface area contributed by atoms with E-state index >= 15 is 0 Å². The molecule has 1 aliphatic heterocycles. The molecular weight excluding hydrogens is 348 g/mol. The van der Waals surface area contributed by atoms with Gasteiger partial charge in [0, 0.05) is 6.42 Å². The first-order chi connectivity index (χ1) is 13.7. The number of rotatable bonds is 18. The highest BCUT2D eigenvalue weighted by atomic mass is 16.6. The van der Waals surface area contributed by atoms with Gasteiger partial charge >= 0.3 is 11.9 Å². The van der Waals surface area contributed by atoms with Gasteiger partial charge in [-0.3, -0.25) is 9.59 Å². The van der Waals surface area contributed by atoms with Crippen LogP contribution in [0.15, 0.2) is 12.2 Å². The van der Waals surface area contributed by atoms with Crippen LogP contribution in [0.5, 0.6) is 0 Å². The quantitative estimate of drug-likeness (QED) is 0.104. The van der Waals surface area contributed by atoms with Crippen molar-refractivity contribution in [3.63, 3.8) is 0 Å². The molecule has 162 valence electrons. The van der Waals surface area contributed by atoms with Crippen molar-refractivity contribution >= 4 is 11.9 Å². The van der Waals surface area contributed by atoms with Crippen LogP contribution in [-0.4, -0.2) is 11.9 Å². The minimum atomic E-state index is -0.382. The SMILES string of the molecule is CCCCCCCCCCCCCCCCCCC=CC1CCC(=O)OC1=O. The Labute approximate surface area is 173 Å². The molecule has 0 aromatic carbocycles. The minimum absolute atomic E-state index is 0.209. The number of carbonyl (C=O) groups is 2. The Morgan fingerprint density at radius 2 is 1.21 bits per heavy atom. The summed E-state index contributed by atoms with van der Waals surface area (Å²) >= 11 is 0. The molecule has 3 nitrogen and oxygen atoms in total. The molecule has 0 saturated carbocycles. The van der Waals surface area contributed by atoms with Gasteiger partial charge in [0.2, 0.25) is 0 Å². The highest BCUT2D eigenvalue weighted by molar-refractivity contribution is 5.90. The third kappa shape index (κ3) is 14.0. The summed E-state index contributed by atoms with van der Waals surface area (Å²) in [6.45, 7) is 2.28. The van der Waals surface area contributed by atoms with E-state index in [-0.39, 0.29) is 17.9 Å². The maximum Gasteiger partial charge on any atom is 0.320 e. The lowest BCUT2D eigenvalue weighted by Gasteiger charge is -2.15. The summed E-state index contributed by atoms with van der Waals surface area (Å²) in [5, 5.41) is 0. The van der Waals surface area contributed by atoms with Gasteiger partial charge in [0.05, 0.1) is 5.92 Å². The van der Waals surface area contributed by atoms with Crippen LogP contribution >= 0.6 is 0 Å². The lowest BCUT2D eigenvalue weighted by molar-refractivity contribution is -0.165. The van der Waals surface area contributed by atoms with Crippen molar-refractivity contribution in [3.8, 4) is 0 Å². The number of allylic oxidation sites excluding steroid dienone is 1. The van der Waals surface area contributed by atoms with Crippen LogP contribution in [0.3, 0.4) is 0 Å². The van der Waals surface area contributed by atoms with Gasteiger partial charge in [0.15, 0.2) is 0 Å². The molecule has 3 heteroatoms. The zero-order valence-corrected chi connectivity index (χ0v) is 18.4. The normalized spacial score (nSPS) is 17.4. The Bertz CT molecular complexity index is 428. The molecule has 0 aliphatic carbocycles. The molecule has 28 heavy (non-hydrogen) atoms. The Kier molecular flexibility index (Phi) is 16.0. The van der Waals surface area contributed by atoms with Gasteiger partial charge in [-0.1, -0.05) is 115 Å². The fourth-order valence-electron chi connectivity index (χ4n) is 3.88. The van der Waals surface area contributed by atoms with Crippen LogP contribution in [0.25, 0.3) is 0 Å². The maximum atomic E-state index is 11.5. The third-order valence-corrected chi connectivity index (χ3v) is 5.77. The molecule has 0 aromatic rings. The van der Waals surface area contributed by atoms with Crippen molar-refractivity contribution in [1.29, 1.82) is 0 Å². The van der Waals surface area contributed by atoms with E-state index in [1.54, 1.807) is 0 Å². The summed E-state index contributed by atoms with van der Waals surface area (Å²) in [5.74, 6) is -0.967. The molecule has 0 amide bonds. The molecule has 1 atom stereocenters. The molecule has 0 aromatic heterocycles.